The van der Waals surface area contributed by atoms with Gasteiger partial charge in [0.25, 0.3) is 0 Å². The van der Waals surface area contributed by atoms with E-state index in [1.165, 1.54) is 0 Å². The van der Waals surface area contributed by atoms with Gasteiger partial charge in [0.2, 0.25) is 15.5 Å². The van der Waals surface area contributed by atoms with Crippen LogP contribution in [0.4, 0.5) is 0 Å². The van der Waals surface area contributed by atoms with E-state index in [4.69, 9.17) is 19.7 Å². The summed E-state index contributed by atoms with van der Waals surface area (Å²) in [4.78, 5) is 0. The van der Waals surface area contributed by atoms with Gasteiger partial charge in [-0.05, 0) is 0 Å². The molecule has 0 aromatic heterocycles. The lowest BCUT2D eigenvalue weighted by atomic mass is 9.97. The van der Waals surface area contributed by atoms with Crippen LogP contribution in [-0.2, 0) is 19.5 Å². The Labute approximate surface area is 148 Å². The van der Waals surface area contributed by atoms with Crippen molar-refractivity contribution in [3.05, 3.63) is 0 Å². The number of sulfonamides is 1. The Bertz CT molecular complexity index is 573. The van der Waals surface area contributed by atoms with Crippen LogP contribution in [0.3, 0.4) is 0 Å². The minimum atomic E-state index is -4.73. The molecule has 0 radical (unpaired) electrons. The second-order valence-corrected chi connectivity index (χ2v) is 7.91. The van der Waals surface area contributed by atoms with Gasteiger partial charge >= 0.3 is 0 Å². The molecule has 26 heavy (non-hydrogen) atoms. The number of aliphatic hydroxyl groups excluding tert-OH is 8. The zero-order valence-electron chi connectivity index (χ0n) is 13.3. The van der Waals surface area contributed by atoms with Crippen molar-refractivity contribution in [2.24, 2.45) is 0 Å². The van der Waals surface area contributed by atoms with Crippen molar-refractivity contribution in [3.63, 3.8) is 0 Å². The van der Waals surface area contributed by atoms with E-state index < -0.39 is 83.7 Å². The normalized spacial score (nSPS) is 47.7. The highest BCUT2D eigenvalue weighted by Crippen LogP contribution is 2.26. The number of rotatable bonds is 5. The highest BCUT2D eigenvalue weighted by molar-refractivity contribution is 7.90. The minimum Gasteiger partial charge on any atom is -0.394 e. The van der Waals surface area contributed by atoms with Gasteiger partial charge in [0, 0.05) is 0 Å². The summed E-state index contributed by atoms with van der Waals surface area (Å²) in [6.45, 7) is -1.64. The van der Waals surface area contributed by atoms with Crippen LogP contribution in [0.15, 0.2) is 0 Å². The van der Waals surface area contributed by atoms with Crippen LogP contribution < -0.4 is 4.72 Å². The molecule has 0 saturated carbocycles. The molecule has 0 aromatic rings. The average Bonchev–Trinajstić information content (AvgIpc) is 2.59. The molecule has 2 aliphatic heterocycles. The molecule has 14 heteroatoms. The third-order valence-electron chi connectivity index (χ3n) is 4.36. The van der Waals surface area contributed by atoms with E-state index in [1.807, 2.05) is 4.72 Å². The molecule has 154 valence electrons. The van der Waals surface area contributed by atoms with Gasteiger partial charge in [0.05, 0.1) is 19.3 Å². The molecular formula is C12H23NO12S. The van der Waals surface area contributed by atoms with Gasteiger partial charge in [-0.15, -0.1) is 0 Å². The van der Waals surface area contributed by atoms with Crippen LogP contribution >= 0.6 is 0 Å². The molecular weight excluding hydrogens is 382 g/mol. The van der Waals surface area contributed by atoms with Gasteiger partial charge in [-0.2, -0.15) is 0 Å². The predicted octanol–water partition coefficient (Wildman–Crippen LogP) is -6.49. The van der Waals surface area contributed by atoms with Crippen LogP contribution in [0.25, 0.3) is 0 Å². The Morgan fingerprint density at radius 2 is 1.27 bits per heavy atom. The summed E-state index contributed by atoms with van der Waals surface area (Å²) in [6.07, 6.45) is -14.4. The quantitative estimate of drug-likeness (QED) is 0.208. The van der Waals surface area contributed by atoms with E-state index in [0.29, 0.717) is 0 Å². The fourth-order valence-electron chi connectivity index (χ4n) is 2.82. The van der Waals surface area contributed by atoms with Gasteiger partial charge in [-0.25, -0.2) is 13.1 Å². The largest absolute Gasteiger partial charge is 0.394 e. The highest BCUT2D eigenvalue weighted by Gasteiger charge is 2.52. The Morgan fingerprint density at radius 3 is 1.81 bits per heavy atom. The van der Waals surface area contributed by atoms with Crippen molar-refractivity contribution in [2.75, 3.05) is 13.2 Å². The van der Waals surface area contributed by atoms with Crippen molar-refractivity contribution in [1.82, 2.24) is 4.72 Å². The summed E-state index contributed by atoms with van der Waals surface area (Å²) in [5, 5.41) is 76.9. The van der Waals surface area contributed by atoms with Crippen molar-refractivity contribution in [3.8, 4) is 0 Å². The number of hydrogen-bond donors (Lipinski definition) is 9. The summed E-state index contributed by atoms with van der Waals surface area (Å²) in [7, 11) is -4.73. The van der Waals surface area contributed by atoms with E-state index in [2.05, 4.69) is 0 Å². The zero-order chi connectivity index (χ0) is 19.8. The summed E-state index contributed by atoms with van der Waals surface area (Å²) in [6, 6.07) is -1.74. The van der Waals surface area contributed by atoms with Crippen molar-refractivity contribution >= 4 is 10.0 Å². The molecule has 2 heterocycles. The molecule has 0 amide bonds. The van der Waals surface area contributed by atoms with Gasteiger partial charge in [0.15, 0.2) is 6.29 Å². The lowest BCUT2D eigenvalue weighted by Crippen LogP contribution is -2.67. The van der Waals surface area contributed by atoms with Crippen molar-refractivity contribution in [1.29, 1.82) is 0 Å². The first-order valence-electron chi connectivity index (χ1n) is 7.67. The number of ether oxygens (including phenoxy) is 2. The average molecular weight is 405 g/mol. The Kier molecular flexibility index (Phi) is 6.92. The van der Waals surface area contributed by atoms with Gasteiger partial charge < -0.3 is 50.3 Å². The van der Waals surface area contributed by atoms with E-state index in [9.17, 15) is 39.1 Å². The van der Waals surface area contributed by atoms with Crippen LogP contribution in [0.2, 0.25) is 0 Å². The summed E-state index contributed by atoms with van der Waals surface area (Å²) in [5.41, 5.74) is -2.16. The molecule has 0 bridgehead atoms. The maximum atomic E-state index is 12.5. The molecule has 9 N–H and O–H groups in total. The lowest BCUT2D eigenvalue weighted by Gasteiger charge is -2.43. The lowest BCUT2D eigenvalue weighted by molar-refractivity contribution is -0.260. The van der Waals surface area contributed by atoms with Crippen LogP contribution in [0.5, 0.6) is 0 Å². The third kappa shape index (κ3) is 4.01. The van der Waals surface area contributed by atoms with E-state index in [0.717, 1.165) is 0 Å². The van der Waals surface area contributed by atoms with Gasteiger partial charge in [0.1, 0.15) is 42.7 Å². The predicted molar refractivity (Wildman–Crippen MR) is 79.6 cm³/mol. The molecule has 0 unspecified atom stereocenters. The second-order valence-electron chi connectivity index (χ2n) is 6.11. The molecule has 2 rings (SSSR count). The Balaban J connectivity index is 2.23. The number of nitrogens with one attached hydrogen (secondary N) is 1. The molecule has 10 atom stereocenters. The van der Waals surface area contributed by atoms with Gasteiger partial charge in [-0.3, -0.25) is 0 Å². The van der Waals surface area contributed by atoms with E-state index in [1.54, 1.807) is 0 Å². The first kappa shape index (κ1) is 21.8. The molecule has 2 aliphatic rings. The Morgan fingerprint density at radius 1 is 0.731 bits per heavy atom. The maximum Gasteiger partial charge on any atom is 0.241 e. The first-order chi connectivity index (χ1) is 12.0. The Hall–Kier alpha value is -0.490. The standard InChI is InChI=1S/C12H23NO12S/c14-1-3-6(16)5(8(18)11(21)24-3)13-26(22,23)12-10(20)9(19)7(17)4(2-15)25-12/h3-21H,1-2H2/t3-,4-,5+,6-,7-,8-,9+,10-,11-,12+/m1/s1. The van der Waals surface area contributed by atoms with Crippen LogP contribution in [0, 0.1) is 0 Å². The summed E-state index contributed by atoms with van der Waals surface area (Å²) in [5.74, 6) is 0. The molecule has 0 aromatic carbocycles. The van der Waals surface area contributed by atoms with Crippen molar-refractivity contribution in [2.45, 2.75) is 60.5 Å². The van der Waals surface area contributed by atoms with E-state index in [-0.39, 0.29) is 0 Å². The smallest absolute Gasteiger partial charge is 0.241 e. The van der Waals surface area contributed by atoms with E-state index >= 15 is 0 Å². The molecule has 2 fully saturated rings. The molecule has 0 spiro atoms. The van der Waals surface area contributed by atoms with Crippen LogP contribution in [0.1, 0.15) is 0 Å². The fraction of sp³-hybridized carbons (Fsp3) is 1.00. The second kappa shape index (κ2) is 8.26. The highest BCUT2D eigenvalue weighted by atomic mass is 32.2. The zero-order valence-corrected chi connectivity index (χ0v) is 14.1. The third-order valence-corrected chi connectivity index (χ3v) is 5.96. The fourth-order valence-corrected chi connectivity index (χ4v) is 4.43. The summed E-state index contributed by atoms with van der Waals surface area (Å²) < 4.78 is 36.5. The van der Waals surface area contributed by atoms with Crippen LogP contribution in [-0.4, -0.2) is 123 Å². The molecule has 2 saturated heterocycles. The molecule has 13 nitrogen and oxygen atoms in total. The van der Waals surface area contributed by atoms with Crippen molar-refractivity contribution < 1.29 is 58.7 Å². The first-order valence-corrected chi connectivity index (χ1v) is 9.22. The SMILES string of the molecule is O=S(=O)(N[C@@H]1[C@@H](O)[C@H](O)O[C@H](CO)[C@H]1O)[C@@H]1O[C@H](CO)[C@@H](O)[C@H](O)[C@H]1O. The minimum absolute atomic E-state index is 0.788. The monoisotopic (exact) mass is 405 g/mol. The topological polar surface area (TPSA) is 226 Å². The molecule has 0 aliphatic carbocycles. The maximum absolute atomic E-state index is 12.5. The van der Waals surface area contributed by atoms with Gasteiger partial charge in [-0.1, -0.05) is 0 Å². The summed E-state index contributed by atoms with van der Waals surface area (Å²) >= 11 is 0. The number of hydrogen-bond acceptors (Lipinski definition) is 12. The number of aliphatic hydroxyl groups is 8.